The van der Waals surface area contributed by atoms with Crippen LogP contribution < -0.4 is 5.32 Å². The van der Waals surface area contributed by atoms with Crippen molar-refractivity contribution in [2.75, 3.05) is 6.54 Å². The Kier molecular flexibility index (Phi) is 4.86. The Bertz CT molecular complexity index is 382. The molecule has 88 valence electrons. The summed E-state index contributed by atoms with van der Waals surface area (Å²) in [6, 6.07) is 4.18. The molecule has 1 aromatic carbocycles. The van der Waals surface area contributed by atoms with Crippen LogP contribution in [0, 0.1) is 0 Å². The van der Waals surface area contributed by atoms with Gasteiger partial charge in [0.2, 0.25) is 0 Å². The number of amides is 1. The maximum atomic E-state index is 12.6. The van der Waals surface area contributed by atoms with Crippen molar-refractivity contribution in [1.29, 1.82) is 0 Å². The van der Waals surface area contributed by atoms with E-state index in [2.05, 4.69) is 21.2 Å². The van der Waals surface area contributed by atoms with Crippen molar-refractivity contribution in [2.45, 2.75) is 19.8 Å². The second-order valence-electron chi connectivity index (χ2n) is 3.29. The molecule has 5 heteroatoms. The number of carbonyl (C=O) groups is 1. The molecule has 0 saturated carbocycles. The SMILES string of the molecule is CCCNC(=O)c1ccc(Br)c(C(F)F)c1. The minimum atomic E-state index is -2.59. The predicted molar refractivity (Wildman–Crippen MR) is 61.7 cm³/mol. The van der Waals surface area contributed by atoms with Gasteiger partial charge in [0.15, 0.2) is 0 Å². The van der Waals surface area contributed by atoms with Crippen LogP contribution >= 0.6 is 15.9 Å². The molecular weight excluding hydrogens is 280 g/mol. The van der Waals surface area contributed by atoms with Crippen LogP contribution in [-0.2, 0) is 0 Å². The smallest absolute Gasteiger partial charge is 0.264 e. The molecule has 0 unspecified atom stereocenters. The third kappa shape index (κ3) is 3.27. The van der Waals surface area contributed by atoms with Crippen LogP contribution in [0.1, 0.15) is 35.7 Å². The summed E-state index contributed by atoms with van der Waals surface area (Å²) in [5.74, 6) is -0.323. The van der Waals surface area contributed by atoms with E-state index in [9.17, 15) is 13.6 Å². The van der Waals surface area contributed by atoms with E-state index in [1.54, 1.807) is 0 Å². The highest BCUT2D eigenvalue weighted by Crippen LogP contribution is 2.28. The maximum Gasteiger partial charge on any atom is 0.264 e. The molecule has 0 atom stereocenters. The summed E-state index contributed by atoms with van der Waals surface area (Å²) < 4.78 is 25.4. The summed E-state index contributed by atoms with van der Waals surface area (Å²) >= 11 is 3.02. The average Bonchev–Trinajstić information content (AvgIpc) is 2.26. The first kappa shape index (κ1) is 13.1. The minimum absolute atomic E-state index is 0.163. The van der Waals surface area contributed by atoms with E-state index >= 15 is 0 Å². The maximum absolute atomic E-state index is 12.6. The molecule has 0 aliphatic carbocycles. The molecule has 0 saturated heterocycles. The van der Waals surface area contributed by atoms with E-state index < -0.39 is 6.43 Å². The fraction of sp³-hybridized carbons (Fsp3) is 0.364. The van der Waals surface area contributed by atoms with Gasteiger partial charge in [0.1, 0.15) is 0 Å². The lowest BCUT2D eigenvalue weighted by Crippen LogP contribution is -2.24. The topological polar surface area (TPSA) is 29.1 Å². The number of carbonyl (C=O) groups excluding carboxylic acids is 1. The zero-order chi connectivity index (χ0) is 12.1. The molecule has 1 aromatic rings. The van der Waals surface area contributed by atoms with Crippen molar-refractivity contribution in [3.8, 4) is 0 Å². The monoisotopic (exact) mass is 291 g/mol. The quantitative estimate of drug-likeness (QED) is 0.903. The molecule has 16 heavy (non-hydrogen) atoms. The van der Waals surface area contributed by atoms with Crippen LogP contribution in [0.4, 0.5) is 8.78 Å². The van der Waals surface area contributed by atoms with Gasteiger partial charge in [-0.1, -0.05) is 22.9 Å². The van der Waals surface area contributed by atoms with Gasteiger partial charge < -0.3 is 5.32 Å². The van der Waals surface area contributed by atoms with Crippen LogP contribution in [0.15, 0.2) is 22.7 Å². The van der Waals surface area contributed by atoms with Gasteiger partial charge in [-0.2, -0.15) is 0 Å². The lowest BCUT2D eigenvalue weighted by molar-refractivity contribution is 0.0953. The van der Waals surface area contributed by atoms with E-state index in [0.29, 0.717) is 11.0 Å². The van der Waals surface area contributed by atoms with Gasteiger partial charge in [-0.05, 0) is 24.6 Å². The third-order valence-electron chi connectivity index (χ3n) is 2.03. The van der Waals surface area contributed by atoms with Crippen molar-refractivity contribution < 1.29 is 13.6 Å². The third-order valence-corrected chi connectivity index (χ3v) is 2.75. The summed E-state index contributed by atoms with van der Waals surface area (Å²) in [6.45, 7) is 2.46. The average molecular weight is 292 g/mol. The van der Waals surface area contributed by atoms with Gasteiger partial charge in [0.25, 0.3) is 12.3 Å². The molecule has 2 nitrogen and oxygen atoms in total. The zero-order valence-electron chi connectivity index (χ0n) is 8.77. The fourth-order valence-electron chi connectivity index (χ4n) is 1.19. The molecule has 0 aliphatic heterocycles. The molecule has 0 heterocycles. The number of benzene rings is 1. The molecular formula is C11H12BrF2NO. The van der Waals surface area contributed by atoms with Crippen molar-refractivity contribution in [3.05, 3.63) is 33.8 Å². The summed E-state index contributed by atoms with van der Waals surface area (Å²) in [5.41, 5.74) is 0.0936. The Morgan fingerprint density at radius 2 is 2.19 bits per heavy atom. The number of hydrogen-bond acceptors (Lipinski definition) is 1. The highest BCUT2D eigenvalue weighted by atomic mass is 79.9. The zero-order valence-corrected chi connectivity index (χ0v) is 10.4. The normalized spacial score (nSPS) is 10.6. The fourth-order valence-corrected chi connectivity index (χ4v) is 1.61. The van der Waals surface area contributed by atoms with E-state index in [4.69, 9.17) is 0 Å². The first-order valence-corrected chi connectivity index (χ1v) is 5.71. The number of hydrogen-bond donors (Lipinski definition) is 1. The van der Waals surface area contributed by atoms with E-state index in [-0.39, 0.29) is 17.0 Å². The number of nitrogens with one attached hydrogen (secondary N) is 1. The molecule has 0 bridgehead atoms. The minimum Gasteiger partial charge on any atom is -0.352 e. The Morgan fingerprint density at radius 1 is 1.50 bits per heavy atom. The summed E-state index contributed by atoms with van der Waals surface area (Å²) in [5, 5.41) is 2.64. The number of alkyl halides is 2. The molecule has 0 spiro atoms. The Labute approximate surface area is 101 Å². The molecule has 0 aliphatic rings. The summed E-state index contributed by atoms with van der Waals surface area (Å²) in [6.07, 6.45) is -1.78. The Hall–Kier alpha value is -0.970. The lowest BCUT2D eigenvalue weighted by atomic mass is 10.1. The lowest BCUT2D eigenvalue weighted by Gasteiger charge is -2.07. The van der Waals surface area contributed by atoms with E-state index in [0.717, 1.165) is 6.42 Å². The van der Waals surface area contributed by atoms with Crippen LogP contribution in [0.3, 0.4) is 0 Å². The summed E-state index contributed by atoms with van der Waals surface area (Å²) in [4.78, 5) is 11.5. The van der Waals surface area contributed by atoms with Crippen LogP contribution in [0.25, 0.3) is 0 Å². The highest BCUT2D eigenvalue weighted by molar-refractivity contribution is 9.10. The predicted octanol–water partition coefficient (Wildman–Crippen LogP) is 3.53. The molecule has 1 N–H and O–H groups in total. The summed E-state index contributed by atoms with van der Waals surface area (Å²) in [7, 11) is 0. The highest BCUT2D eigenvalue weighted by Gasteiger charge is 2.14. The standard InChI is InChI=1S/C11H12BrF2NO/c1-2-5-15-11(16)7-3-4-9(12)8(6-7)10(13)14/h3-4,6,10H,2,5H2,1H3,(H,15,16). The number of halogens is 3. The largest absolute Gasteiger partial charge is 0.352 e. The molecule has 0 fully saturated rings. The van der Waals surface area contributed by atoms with Crippen molar-refractivity contribution in [3.63, 3.8) is 0 Å². The second kappa shape index (κ2) is 5.94. The van der Waals surface area contributed by atoms with Gasteiger partial charge in [0, 0.05) is 22.1 Å². The van der Waals surface area contributed by atoms with Crippen LogP contribution in [0.5, 0.6) is 0 Å². The van der Waals surface area contributed by atoms with Gasteiger partial charge in [0.05, 0.1) is 0 Å². The van der Waals surface area contributed by atoms with Crippen LogP contribution in [0.2, 0.25) is 0 Å². The van der Waals surface area contributed by atoms with Gasteiger partial charge in [-0.15, -0.1) is 0 Å². The van der Waals surface area contributed by atoms with E-state index in [1.807, 2.05) is 6.92 Å². The van der Waals surface area contributed by atoms with E-state index in [1.165, 1.54) is 18.2 Å². The number of rotatable bonds is 4. The molecule has 0 aromatic heterocycles. The van der Waals surface area contributed by atoms with Gasteiger partial charge >= 0.3 is 0 Å². The Balaban J connectivity index is 2.90. The van der Waals surface area contributed by atoms with Crippen LogP contribution in [-0.4, -0.2) is 12.5 Å². The molecule has 1 rings (SSSR count). The molecule has 0 radical (unpaired) electrons. The first-order chi connectivity index (χ1) is 7.56. The first-order valence-electron chi connectivity index (χ1n) is 4.92. The molecule has 1 amide bonds. The van der Waals surface area contributed by atoms with Gasteiger partial charge in [-0.3, -0.25) is 4.79 Å². The van der Waals surface area contributed by atoms with Crippen molar-refractivity contribution >= 4 is 21.8 Å². The Morgan fingerprint density at radius 3 is 2.75 bits per heavy atom. The second-order valence-corrected chi connectivity index (χ2v) is 4.15. The van der Waals surface area contributed by atoms with Crippen molar-refractivity contribution in [1.82, 2.24) is 5.32 Å². The van der Waals surface area contributed by atoms with Gasteiger partial charge in [-0.25, -0.2) is 8.78 Å². The van der Waals surface area contributed by atoms with Crippen molar-refractivity contribution in [2.24, 2.45) is 0 Å².